The Hall–Kier alpha value is -0.280. The van der Waals surface area contributed by atoms with E-state index in [9.17, 15) is 0 Å². The first-order valence-electron chi connectivity index (χ1n) is 7.39. The molecular formula is C16H23Cl2NO. The topological polar surface area (TPSA) is 21.3 Å². The third kappa shape index (κ3) is 3.67. The molecule has 1 saturated heterocycles. The smallest absolute Gasteiger partial charge is 0.0848 e. The number of halogens is 2. The summed E-state index contributed by atoms with van der Waals surface area (Å²) in [5.41, 5.74) is 0.974. The highest BCUT2D eigenvalue weighted by atomic mass is 35.5. The summed E-state index contributed by atoms with van der Waals surface area (Å²) in [6, 6.07) is 6.02. The molecule has 0 saturated carbocycles. The second kappa shape index (κ2) is 7.13. The van der Waals surface area contributed by atoms with E-state index >= 15 is 0 Å². The Labute approximate surface area is 131 Å². The zero-order chi connectivity index (χ0) is 14.6. The van der Waals surface area contributed by atoms with E-state index in [0.717, 1.165) is 38.0 Å². The molecule has 1 aromatic carbocycles. The van der Waals surface area contributed by atoms with Crippen molar-refractivity contribution in [2.75, 3.05) is 13.2 Å². The SMILES string of the molecule is CCCNC(c1ccc(Cl)c(Cl)c1)C1(C)CCCCO1. The summed E-state index contributed by atoms with van der Waals surface area (Å²) in [7, 11) is 0. The first kappa shape index (κ1) is 16.1. The summed E-state index contributed by atoms with van der Waals surface area (Å²) in [6.45, 7) is 6.16. The van der Waals surface area contributed by atoms with Crippen LogP contribution >= 0.6 is 23.2 Å². The number of ether oxygens (including phenoxy) is 1. The fourth-order valence-electron chi connectivity index (χ4n) is 2.85. The number of rotatable bonds is 5. The molecule has 2 rings (SSSR count). The first-order chi connectivity index (χ1) is 9.57. The predicted octanol–water partition coefficient (Wildman–Crippen LogP) is 4.99. The van der Waals surface area contributed by atoms with Crippen LogP contribution in [0.2, 0.25) is 10.0 Å². The number of benzene rings is 1. The third-order valence-electron chi connectivity index (χ3n) is 3.99. The van der Waals surface area contributed by atoms with Gasteiger partial charge in [-0.2, -0.15) is 0 Å². The maximum absolute atomic E-state index is 6.18. The maximum atomic E-state index is 6.18. The lowest BCUT2D eigenvalue weighted by atomic mass is 9.84. The molecule has 4 heteroatoms. The molecule has 2 nitrogen and oxygen atoms in total. The molecule has 112 valence electrons. The minimum absolute atomic E-state index is 0.150. The van der Waals surface area contributed by atoms with Gasteiger partial charge in [0.2, 0.25) is 0 Å². The van der Waals surface area contributed by atoms with Crippen molar-refractivity contribution in [1.82, 2.24) is 5.32 Å². The van der Waals surface area contributed by atoms with E-state index in [1.54, 1.807) is 0 Å². The molecular weight excluding hydrogens is 293 g/mol. The fourth-order valence-corrected chi connectivity index (χ4v) is 3.16. The van der Waals surface area contributed by atoms with Gasteiger partial charge >= 0.3 is 0 Å². The molecule has 0 aliphatic carbocycles. The molecule has 0 radical (unpaired) electrons. The first-order valence-corrected chi connectivity index (χ1v) is 8.14. The number of nitrogens with one attached hydrogen (secondary N) is 1. The van der Waals surface area contributed by atoms with Crippen molar-refractivity contribution in [3.8, 4) is 0 Å². The molecule has 2 unspecified atom stereocenters. The van der Waals surface area contributed by atoms with Gasteiger partial charge in [0.1, 0.15) is 0 Å². The van der Waals surface area contributed by atoms with Crippen LogP contribution in [0.3, 0.4) is 0 Å². The van der Waals surface area contributed by atoms with Gasteiger partial charge in [0, 0.05) is 6.61 Å². The Morgan fingerprint density at radius 3 is 2.70 bits per heavy atom. The van der Waals surface area contributed by atoms with Gasteiger partial charge in [0.15, 0.2) is 0 Å². The molecule has 1 fully saturated rings. The molecule has 2 atom stereocenters. The lowest BCUT2D eigenvalue weighted by molar-refractivity contribution is -0.0897. The van der Waals surface area contributed by atoms with E-state index in [0.29, 0.717) is 10.0 Å². The lowest BCUT2D eigenvalue weighted by Gasteiger charge is -2.41. The third-order valence-corrected chi connectivity index (χ3v) is 4.72. The van der Waals surface area contributed by atoms with Crippen LogP contribution in [0.25, 0.3) is 0 Å². The molecule has 0 aromatic heterocycles. The van der Waals surface area contributed by atoms with E-state index in [2.05, 4.69) is 19.2 Å². The van der Waals surface area contributed by atoms with E-state index < -0.39 is 0 Å². The molecule has 1 aliphatic heterocycles. The maximum Gasteiger partial charge on any atom is 0.0848 e. The minimum Gasteiger partial charge on any atom is -0.373 e. The molecule has 1 aromatic rings. The van der Waals surface area contributed by atoms with E-state index in [-0.39, 0.29) is 11.6 Å². The quantitative estimate of drug-likeness (QED) is 0.826. The Morgan fingerprint density at radius 2 is 2.10 bits per heavy atom. The van der Waals surface area contributed by atoms with Gasteiger partial charge in [0.25, 0.3) is 0 Å². The number of hydrogen-bond donors (Lipinski definition) is 1. The van der Waals surface area contributed by atoms with Gasteiger partial charge in [-0.3, -0.25) is 0 Å². The van der Waals surface area contributed by atoms with Crippen molar-refractivity contribution >= 4 is 23.2 Å². The summed E-state index contributed by atoms with van der Waals surface area (Å²) in [5.74, 6) is 0. The van der Waals surface area contributed by atoms with E-state index in [4.69, 9.17) is 27.9 Å². The molecule has 1 aliphatic rings. The van der Waals surface area contributed by atoms with Crippen LogP contribution in [0.15, 0.2) is 18.2 Å². The molecule has 0 amide bonds. The lowest BCUT2D eigenvalue weighted by Crippen LogP contribution is -2.46. The highest BCUT2D eigenvalue weighted by molar-refractivity contribution is 6.42. The standard InChI is InChI=1S/C16H23Cl2NO/c1-3-9-19-15(16(2)8-4-5-10-20-16)12-6-7-13(17)14(18)11-12/h6-7,11,15,19H,3-5,8-10H2,1-2H3. The zero-order valence-electron chi connectivity index (χ0n) is 12.2. The summed E-state index contributed by atoms with van der Waals surface area (Å²) >= 11 is 12.2. The Balaban J connectivity index is 2.28. The summed E-state index contributed by atoms with van der Waals surface area (Å²) in [6.07, 6.45) is 4.52. The highest BCUT2D eigenvalue weighted by Crippen LogP contribution is 2.38. The summed E-state index contributed by atoms with van der Waals surface area (Å²) in [4.78, 5) is 0. The fraction of sp³-hybridized carbons (Fsp3) is 0.625. The van der Waals surface area contributed by atoms with Gasteiger partial charge in [-0.05, 0) is 56.8 Å². The van der Waals surface area contributed by atoms with Crippen LogP contribution < -0.4 is 5.32 Å². The van der Waals surface area contributed by atoms with Crippen LogP contribution in [0, 0.1) is 0 Å². The van der Waals surface area contributed by atoms with Crippen molar-refractivity contribution in [1.29, 1.82) is 0 Å². The van der Waals surface area contributed by atoms with E-state index in [1.807, 2.05) is 18.2 Å². The van der Waals surface area contributed by atoms with Gasteiger partial charge in [-0.25, -0.2) is 0 Å². The van der Waals surface area contributed by atoms with Crippen molar-refractivity contribution in [2.45, 2.75) is 51.2 Å². The summed E-state index contributed by atoms with van der Waals surface area (Å²) in [5, 5.41) is 4.82. The monoisotopic (exact) mass is 315 g/mol. The van der Waals surface area contributed by atoms with Gasteiger partial charge in [-0.1, -0.05) is 36.2 Å². The van der Waals surface area contributed by atoms with Crippen LogP contribution in [0.1, 0.15) is 51.1 Å². The molecule has 0 bridgehead atoms. The average molecular weight is 316 g/mol. The Kier molecular flexibility index (Phi) is 5.74. The molecule has 0 spiro atoms. The second-order valence-electron chi connectivity index (χ2n) is 5.68. The average Bonchev–Trinajstić information content (AvgIpc) is 2.43. The van der Waals surface area contributed by atoms with Crippen LogP contribution in [-0.4, -0.2) is 18.8 Å². The Bertz CT molecular complexity index is 444. The summed E-state index contributed by atoms with van der Waals surface area (Å²) < 4.78 is 6.11. The largest absolute Gasteiger partial charge is 0.373 e. The zero-order valence-corrected chi connectivity index (χ0v) is 13.7. The van der Waals surface area contributed by atoms with Gasteiger partial charge in [0.05, 0.1) is 21.7 Å². The van der Waals surface area contributed by atoms with Crippen LogP contribution in [-0.2, 0) is 4.74 Å². The minimum atomic E-state index is -0.176. The van der Waals surface area contributed by atoms with Crippen LogP contribution in [0.4, 0.5) is 0 Å². The van der Waals surface area contributed by atoms with Crippen molar-refractivity contribution in [3.05, 3.63) is 33.8 Å². The van der Waals surface area contributed by atoms with Gasteiger partial charge in [-0.15, -0.1) is 0 Å². The second-order valence-corrected chi connectivity index (χ2v) is 6.49. The number of hydrogen-bond acceptors (Lipinski definition) is 2. The van der Waals surface area contributed by atoms with Gasteiger partial charge < -0.3 is 10.1 Å². The highest BCUT2D eigenvalue weighted by Gasteiger charge is 2.37. The van der Waals surface area contributed by atoms with Crippen molar-refractivity contribution < 1.29 is 4.74 Å². The van der Waals surface area contributed by atoms with Crippen molar-refractivity contribution in [3.63, 3.8) is 0 Å². The molecule has 20 heavy (non-hydrogen) atoms. The predicted molar refractivity (Wildman–Crippen MR) is 85.7 cm³/mol. The Morgan fingerprint density at radius 1 is 1.30 bits per heavy atom. The molecule has 1 N–H and O–H groups in total. The molecule has 1 heterocycles. The van der Waals surface area contributed by atoms with Crippen LogP contribution in [0.5, 0.6) is 0 Å². The van der Waals surface area contributed by atoms with E-state index in [1.165, 1.54) is 6.42 Å². The normalized spacial score (nSPS) is 24.6. The van der Waals surface area contributed by atoms with Crippen molar-refractivity contribution in [2.24, 2.45) is 0 Å².